The van der Waals surface area contributed by atoms with Crippen LogP contribution in [0.1, 0.15) is 19.5 Å². The van der Waals surface area contributed by atoms with Gasteiger partial charge in [0.05, 0.1) is 19.1 Å². The molecule has 0 aromatic carbocycles. The van der Waals surface area contributed by atoms with Gasteiger partial charge in [-0.1, -0.05) is 13.8 Å². The molecule has 0 aliphatic carbocycles. The summed E-state index contributed by atoms with van der Waals surface area (Å²) in [5.41, 5.74) is 0.872. The number of anilines is 1. The van der Waals surface area contributed by atoms with Gasteiger partial charge in [-0.25, -0.2) is 4.98 Å². The van der Waals surface area contributed by atoms with E-state index in [1.54, 1.807) is 7.11 Å². The lowest BCUT2D eigenvalue weighted by atomic mass is 10.0. The van der Waals surface area contributed by atoms with Crippen molar-refractivity contribution >= 4 is 5.82 Å². The molecule has 1 aromatic rings. The Morgan fingerprint density at radius 3 is 2.59 bits per heavy atom. The van der Waals surface area contributed by atoms with E-state index >= 15 is 0 Å². The molecular formula is C12H18N4O. The maximum Gasteiger partial charge on any atom is 0.318 e. The van der Waals surface area contributed by atoms with E-state index in [9.17, 15) is 0 Å². The van der Waals surface area contributed by atoms with E-state index in [0.29, 0.717) is 6.01 Å². The first-order valence-electron chi connectivity index (χ1n) is 5.77. The van der Waals surface area contributed by atoms with E-state index in [0.717, 1.165) is 24.6 Å². The third-order valence-electron chi connectivity index (χ3n) is 2.39. The number of hydrogen-bond acceptors (Lipinski definition) is 5. The summed E-state index contributed by atoms with van der Waals surface area (Å²) < 4.78 is 4.99. The maximum atomic E-state index is 8.67. The topological polar surface area (TPSA) is 62.0 Å². The van der Waals surface area contributed by atoms with Crippen LogP contribution in [0.15, 0.2) is 6.07 Å². The molecule has 0 unspecified atom stereocenters. The van der Waals surface area contributed by atoms with Crippen molar-refractivity contribution in [3.8, 4) is 12.1 Å². The summed E-state index contributed by atoms with van der Waals surface area (Å²) in [4.78, 5) is 10.4. The first-order chi connectivity index (χ1) is 8.22. The second kappa shape index (κ2) is 6.04. The van der Waals surface area contributed by atoms with Crippen LogP contribution in [-0.2, 0) is 0 Å². The zero-order valence-electron chi connectivity index (χ0n) is 10.8. The number of rotatable bonds is 2. The Morgan fingerprint density at radius 1 is 1.41 bits per heavy atom. The summed E-state index contributed by atoms with van der Waals surface area (Å²) in [5.74, 6) is 0.970. The standard InChI is InChI=1S/C10H12N4O.C2H6/c1-7-3-9(13-10(12-7)15-2)14-5-8(4-11)6-14;1-2/h3,8H,5-6H2,1-2H3;1-2H3. The van der Waals surface area contributed by atoms with Gasteiger partial charge >= 0.3 is 6.01 Å². The van der Waals surface area contributed by atoms with Crippen LogP contribution >= 0.6 is 0 Å². The molecule has 1 aliphatic rings. The minimum atomic E-state index is 0.131. The van der Waals surface area contributed by atoms with Gasteiger partial charge < -0.3 is 9.64 Å². The Hall–Kier alpha value is -1.83. The van der Waals surface area contributed by atoms with Crippen LogP contribution in [0.2, 0.25) is 0 Å². The summed E-state index contributed by atoms with van der Waals surface area (Å²) in [6, 6.07) is 4.51. The molecule has 2 heterocycles. The molecule has 0 N–H and O–H groups in total. The Morgan fingerprint density at radius 2 is 2.06 bits per heavy atom. The van der Waals surface area contributed by atoms with Crippen molar-refractivity contribution in [2.45, 2.75) is 20.8 Å². The van der Waals surface area contributed by atoms with Crippen molar-refractivity contribution in [1.29, 1.82) is 5.26 Å². The van der Waals surface area contributed by atoms with Crippen molar-refractivity contribution in [2.24, 2.45) is 5.92 Å². The van der Waals surface area contributed by atoms with Crippen molar-refractivity contribution in [2.75, 3.05) is 25.1 Å². The van der Waals surface area contributed by atoms with Gasteiger partial charge in [0.1, 0.15) is 5.82 Å². The predicted molar refractivity (Wildman–Crippen MR) is 66.0 cm³/mol. The lowest BCUT2D eigenvalue weighted by molar-refractivity contribution is 0.377. The largest absolute Gasteiger partial charge is 0.467 e. The fraction of sp³-hybridized carbons (Fsp3) is 0.583. The Bertz CT molecular complexity index is 407. The van der Waals surface area contributed by atoms with E-state index in [1.165, 1.54) is 0 Å². The summed E-state index contributed by atoms with van der Waals surface area (Å²) in [5, 5.41) is 8.67. The van der Waals surface area contributed by atoms with Gasteiger partial charge in [0, 0.05) is 24.8 Å². The molecule has 5 nitrogen and oxygen atoms in total. The van der Waals surface area contributed by atoms with Gasteiger partial charge in [0.25, 0.3) is 0 Å². The predicted octanol–water partition coefficient (Wildman–Crippen LogP) is 1.78. The molecule has 1 fully saturated rings. The van der Waals surface area contributed by atoms with Gasteiger partial charge in [-0.3, -0.25) is 0 Å². The third-order valence-corrected chi connectivity index (χ3v) is 2.39. The van der Waals surface area contributed by atoms with Gasteiger partial charge in [-0.15, -0.1) is 0 Å². The highest BCUT2D eigenvalue weighted by atomic mass is 16.5. The average Bonchev–Trinajstić information content (AvgIpc) is 2.29. The van der Waals surface area contributed by atoms with Crippen LogP contribution in [-0.4, -0.2) is 30.2 Å². The quantitative estimate of drug-likeness (QED) is 0.780. The molecule has 17 heavy (non-hydrogen) atoms. The molecule has 92 valence electrons. The maximum absolute atomic E-state index is 8.67. The van der Waals surface area contributed by atoms with Gasteiger partial charge in [-0.05, 0) is 6.92 Å². The normalized spacial score (nSPS) is 14.2. The Kier molecular flexibility index (Phi) is 4.70. The number of aryl methyl sites for hydroxylation is 1. The Balaban J connectivity index is 0.000000686. The zero-order chi connectivity index (χ0) is 12.8. The first-order valence-corrected chi connectivity index (χ1v) is 5.77. The molecule has 1 saturated heterocycles. The second-order valence-corrected chi connectivity index (χ2v) is 3.59. The van der Waals surface area contributed by atoms with Gasteiger partial charge in [0.2, 0.25) is 0 Å². The molecule has 0 spiro atoms. The van der Waals surface area contributed by atoms with E-state index in [4.69, 9.17) is 10.00 Å². The summed E-state index contributed by atoms with van der Waals surface area (Å²) >= 11 is 0. The highest BCUT2D eigenvalue weighted by molar-refractivity contribution is 5.44. The number of methoxy groups -OCH3 is 1. The fourth-order valence-electron chi connectivity index (χ4n) is 1.53. The van der Waals surface area contributed by atoms with E-state index < -0.39 is 0 Å². The van der Waals surface area contributed by atoms with Crippen LogP contribution in [0.25, 0.3) is 0 Å². The highest BCUT2D eigenvalue weighted by Crippen LogP contribution is 2.23. The van der Waals surface area contributed by atoms with Crippen LogP contribution in [0.3, 0.4) is 0 Å². The highest BCUT2D eigenvalue weighted by Gasteiger charge is 2.27. The van der Waals surface area contributed by atoms with Crippen LogP contribution in [0.5, 0.6) is 6.01 Å². The number of hydrogen-bond donors (Lipinski definition) is 0. The van der Waals surface area contributed by atoms with Crippen molar-refractivity contribution in [3.63, 3.8) is 0 Å². The lowest BCUT2D eigenvalue weighted by Gasteiger charge is -2.36. The summed E-state index contributed by atoms with van der Waals surface area (Å²) in [6.07, 6.45) is 0. The molecule has 1 aliphatic heterocycles. The average molecular weight is 234 g/mol. The van der Waals surface area contributed by atoms with Crippen LogP contribution < -0.4 is 9.64 Å². The zero-order valence-corrected chi connectivity index (χ0v) is 10.8. The molecular weight excluding hydrogens is 216 g/mol. The summed E-state index contributed by atoms with van der Waals surface area (Å²) in [6.45, 7) is 7.39. The molecule has 0 saturated carbocycles. The van der Waals surface area contributed by atoms with E-state index in [-0.39, 0.29) is 5.92 Å². The van der Waals surface area contributed by atoms with Crippen molar-refractivity contribution in [3.05, 3.63) is 11.8 Å². The molecule has 5 heteroatoms. The smallest absolute Gasteiger partial charge is 0.318 e. The van der Waals surface area contributed by atoms with Crippen molar-refractivity contribution in [1.82, 2.24) is 9.97 Å². The molecule has 0 bridgehead atoms. The number of ether oxygens (including phenoxy) is 1. The van der Waals surface area contributed by atoms with Crippen molar-refractivity contribution < 1.29 is 4.74 Å². The van der Waals surface area contributed by atoms with Crippen LogP contribution in [0, 0.1) is 24.2 Å². The number of aromatic nitrogens is 2. The van der Waals surface area contributed by atoms with Gasteiger partial charge in [0.15, 0.2) is 0 Å². The molecule has 0 radical (unpaired) electrons. The molecule has 0 atom stereocenters. The van der Waals surface area contributed by atoms with Gasteiger partial charge in [-0.2, -0.15) is 10.2 Å². The minimum absolute atomic E-state index is 0.131. The number of nitriles is 1. The molecule has 0 amide bonds. The molecule has 1 aromatic heterocycles. The van der Waals surface area contributed by atoms with Crippen LogP contribution in [0.4, 0.5) is 5.82 Å². The third kappa shape index (κ3) is 3.06. The number of nitrogens with zero attached hydrogens (tertiary/aromatic N) is 4. The SMILES string of the molecule is CC.COc1nc(C)cc(N2CC(C#N)C2)n1. The fourth-order valence-corrected chi connectivity index (χ4v) is 1.53. The second-order valence-electron chi connectivity index (χ2n) is 3.59. The first kappa shape index (κ1) is 13.2. The summed E-state index contributed by atoms with van der Waals surface area (Å²) in [7, 11) is 1.55. The minimum Gasteiger partial charge on any atom is -0.467 e. The van der Waals surface area contributed by atoms with E-state index in [2.05, 4.69) is 16.0 Å². The lowest BCUT2D eigenvalue weighted by Crippen LogP contribution is -2.46. The Labute approximate surface area is 102 Å². The monoisotopic (exact) mass is 234 g/mol. The molecule has 2 rings (SSSR count). The van der Waals surface area contributed by atoms with E-state index in [1.807, 2.05) is 31.7 Å².